The van der Waals surface area contributed by atoms with Crippen LogP contribution in [0.3, 0.4) is 0 Å². The van der Waals surface area contributed by atoms with E-state index in [1.165, 1.54) is 7.05 Å². The Labute approximate surface area is 141 Å². The first-order valence-corrected chi connectivity index (χ1v) is 8.09. The number of ketones is 1. The molecule has 6 nitrogen and oxygen atoms in total. The van der Waals surface area contributed by atoms with Crippen molar-refractivity contribution in [1.82, 2.24) is 10.6 Å². The van der Waals surface area contributed by atoms with Gasteiger partial charge in [-0.05, 0) is 18.4 Å². The lowest BCUT2D eigenvalue weighted by molar-refractivity contribution is -0.125. The quantitative estimate of drug-likeness (QED) is 0.612. The van der Waals surface area contributed by atoms with Gasteiger partial charge in [0.15, 0.2) is 11.7 Å². The number of nitrogens with zero attached hydrogens (tertiary/aromatic N) is 1. The van der Waals surface area contributed by atoms with Gasteiger partial charge in [0.1, 0.15) is 0 Å². The molecule has 0 aliphatic heterocycles. The van der Waals surface area contributed by atoms with Crippen LogP contribution in [0.5, 0.6) is 0 Å². The second-order valence-corrected chi connectivity index (χ2v) is 5.94. The summed E-state index contributed by atoms with van der Waals surface area (Å²) in [6.07, 6.45) is 4.13. The molecule has 6 heteroatoms. The van der Waals surface area contributed by atoms with Gasteiger partial charge in [-0.3, -0.25) is 14.4 Å². The largest absolute Gasteiger partial charge is 0.358 e. The average molecular weight is 327 g/mol. The lowest BCUT2D eigenvalue weighted by Gasteiger charge is -2.11. The first-order chi connectivity index (χ1) is 11.6. The standard InChI is InChI=1S/C18H21N3O3/c1-20-18(24)15(10-19)16(22)13-8-6-12(7-9-13)11-21-17(23)14-4-2-3-5-14/h6-9,14-15H,2-5,11H2,1H3,(H,20,24)(H,21,23). The average Bonchev–Trinajstić information content (AvgIpc) is 3.15. The van der Waals surface area contributed by atoms with Crippen LogP contribution in [0.15, 0.2) is 24.3 Å². The third-order valence-corrected chi connectivity index (χ3v) is 4.33. The van der Waals surface area contributed by atoms with Crippen LogP contribution in [-0.2, 0) is 16.1 Å². The van der Waals surface area contributed by atoms with E-state index in [9.17, 15) is 14.4 Å². The summed E-state index contributed by atoms with van der Waals surface area (Å²) in [5, 5.41) is 14.2. The zero-order chi connectivity index (χ0) is 17.5. The summed E-state index contributed by atoms with van der Waals surface area (Å²) in [4.78, 5) is 35.7. The highest BCUT2D eigenvalue weighted by Crippen LogP contribution is 2.24. The van der Waals surface area contributed by atoms with Gasteiger partial charge >= 0.3 is 0 Å². The topological polar surface area (TPSA) is 99.1 Å². The van der Waals surface area contributed by atoms with Crippen molar-refractivity contribution in [2.45, 2.75) is 32.2 Å². The molecule has 1 aliphatic rings. The summed E-state index contributed by atoms with van der Waals surface area (Å²) < 4.78 is 0. The van der Waals surface area contributed by atoms with Gasteiger partial charge in [0.2, 0.25) is 11.8 Å². The van der Waals surface area contributed by atoms with Gasteiger partial charge in [-0.25, -0.2) is 0 Å². The summed E-state index contributed by atoms with van der Waals surface area (Å²) in [6, 6.07) is 8.32. The molecule has 0 heterocycles. The van der Waals surface area contributed by atoms with Crippen molar-refractivity contribution in [3.05, 3.63) is 35.4 Å². The Bertz CT molecular complexity index is 655. The molecule has 126 valence electrons. The molecule has 1 fully saturated rings. The van der Waals surface area contributed by atoms with E-state index in [1.54, 1.807) is 30.3 Å². The Morgan fingerprint density at radius 2 is 1.83 bits per heavy atom. The molecule has 24 heavy (non-hydrogen) atoms. The Hall–Kier alpha value is -2.68. The van der Waals surface area contributed by atoms with Gasteiger partial charge in [-0.15, -0.1) is 0 Å². The number of carbonyl (C=O) groups is 3. The SMILES string of the molecule is CNC(=O)C(C#N)C(=O)c1ccc(CNC(=O)C2CCCC2)cc1. The fourth-order valence-corrected chi connectivity index (χ4v) is 2.86. The molecule has 1 unspecified atom stereocenters. The van der Waals surface area contributed by atoms with E-state index >= 15 is 0 Å². The fourth-order valence-electron chi connectivity index (χ4n) is 2.86. The van der Waals surface area contributed by atoms with Gasteiger partial charge in [-0.1, -0.05) is 37.1 Å². The molecule has 0 radical (unpaired) electrons. The highest BCUT2D eigenvalue weighted by atomic mass is 16.2. The van der Waals surface area contributed by atoms with Crippen LogP contribution in [0.1, 0.15) is 41.6 Å². The smallest absolute Gasteiger partial charge is 0.245 e. The van der Waals surface area contributed by atoms with E-state index in [0.29, 0.717) is 12.1 Å². The molecule has 0 saturated heterocycles. The number of hydrogen-bond donors (Lipinski definition) is 2. The zero-order valence-corrected chi connectivity index (χ0v) is 13.7. The van der Waals surface area contributed by atoms with E-state index in [2.05, 4.69) is 10.6 Å². The summed E-state index contributed by atoms with van der Waals surface area (Å²) in [5.41, 5.74) is 1.17. The van der Waals surface area contributed by atoms with Crippen molar-refractivity contribution in [3.63, 3.8) is 0 Å². The predicted octanol–water partition coefficient (Wildman–Crippen LogP) is 1.56. The lowest BCUT2D eigenvalue weighted by Crippen LogP contribution is -2.32. The van der Waals surface area contributed by atoms with Crippen LogP contribution in [0.2, 0.25) is 0 Å². The summed E-state index contributed by atoms with van der Waals surface area (Å²) in [6.45, 7) is 0.404. The predicted molar refractivity (Wildman–Crippen MR) is 87.7 cm³/mol. The van der Waals surface area contributed by atoms with E-state index in [0.717, 1.165) is 31.2 Å². The minimum absolute atomic E-state index is 0.0804. The molecule has 1 aromatic rings. The van der Waals surface area contributed by atoms with E-state index in [-0.39, 0.29) is 11.8 Å². The molecule has 1 aromatic carbocycles. The first-order valence-electron chi connectivity index (χ1n) is 8.09. The molecule has 0 bridgehead atoms. The summed E-state index contributed by atoms with van der Waals surface area (Å²) in [5.74, 6) is -2.29. The van der Waals surface area contributed by atoms with Gasteiger partial charge in [0.25, 0.3) is 0 Å². The molecule has 2 N–H and O–H groups in total. The van der Waals surface area contributed by atoms with Gasteiger partial charge in [0, 0.05) is 25.1 Å². The second-order valence-electron chi connectivity index (χ2n) is 5.94. The molecule has 1 atom stereocenters. The van der Waals surface area contributed by atoms with Crippen LogP contribution in [0, 0.1) is 23.2 Å². The van der Waals surface area contributed by atoms with Crippen molar-refractivity contribution in [2.75, 3.05) is 7.05 Å². The van der Waals surface area contributed by atoms with Gasteiger partial charge < -0.3 is 10.6 Å². The molecular formula is C18H21N3O3. The summed E-state index contributed by atoms with van der Waals surface area (Å²) in [7, 11) is 1.38. The number of nitriles is 1. The molecule has 1 aliphatic carbocycles. The molecule has 2 rings (SSSR count). The van der Waals surface area contributed by atoms with Crippen LogP contribution >= 0.6 is 0 Å². The number of amides is 2. The van der Waals surface area contributed by atoms with Crippen molar-refractivity contribution < 1.29 is 14.4 Å². The Morgan fingerprint density at radius 1 is 1.21 bits per heavy atom. The lowest BCUT2D eigenvalue weighted by atomic mass is 9.97. The number of nitrogens with one attached hydrogen (secondary N) is 2. The highest BCUT2D eigenvalue weighted by Gasteiger charge is 2.26. The van der Waals surface area contributed by atoms with Crippen LogP contribution in [-0.4, -0.2) is 24.6 Å². The molecule has 0 aromatic heterocycles. The maximum Gasteiger partial charge on any atom is 0.245 e. The van der Waals surface area contributed by atoms with Gasteiger partial charge in [-0.2, -0.15) is 5.26 Å². The second kappa shape index (κ2) is 8.25. The maximum atomic E-state index is 12.2. The maximum absolute atomic E-state index is 12.2. The van der Waals surface area contributed by atoms with Crippen molar-refractivity contribution in [1.29, 1.82) is 5.26 Å². The molecule has 2 amide bonds. The van der Waals surface area contributed by atoms with Crippen LogP contribution in [0.25, 0.3) is 0 Å². The van der Waals surface area contributed by atoms with Crippen molar-refractivity contribution in [2.24, 2.45) is 11.8 Å². The third kappa shape index (κ3) is 4.19. The van der Waals surface area contributed by atoms with Gasteiger partial charge in [0.05, 0.1) is 6.07 Å². The third-order valence-electron chi connectivity index (χ3n) is 4.33. The first kappa shape index (κ1) is 17.7. The van der Waals surface area contributed by atoms with E-state index < -0.39 is 17.6 Å². The van der Waals surface area contributed by atoms with E-state index in [1.807, 2.05) is 0 Å². The van der Waals surface area contributed by atoms with E-state index in [4.69, 9.17) is 5.26 Å². The van der Waals surface area contributed by atoms with Crippen molar-refractivity contribution in [3.8, 4) is 6.07 Å². The number of carbonyl (C=O) groups excluding carboxylic acids is 3. The highest BCUT2D eigenvalue weighted by molar-refractivity contribution is 6.12. The summed E-state index contributed by atoms with van der Waals surface area (Å²) >= 11 is 0. The number of benzene rings is 1. The minimum atomic E-state index is -1.34. The normalized spacial score (nSPS) is 15.3. The molecular weight excluding hydrogens is 306 g/mol. The fraction of sp³-hybridized carbons (Fsp3) is 0.444. The number of Topliss-reactive ketones (excluding diaryl/α,β-unsaturated/α-hetero) is 1. The minimum Gasteiger partial charge on any atom is -0.358 e. The Balaban J connectivity index is 1.95. The Morgan fingerprint density at radius 3 is 2.38 bits per heavy atom. The van der Waals surface area contributed by atoms with Crippen LogP contribution in [0.4, 0.5) is 0 Å². The monoisotopic (exact) mass is 327 g/mol. The van der Waals surface area contributed by atoms with Crippen LogP contribution < -0.4 is 10.6 Å². The van der Waals surface area contributed by atoms with Crippen molar-refractivity contribution >= 4 is 17.6 Å². The molecule has 0 spiro atoms. The molecule has 1 saturated carbocycles. The number of hydrogen-bond acceptors (Lipinski definition) is 4. The number of rotatable bonds is 6. The Kier molecular flexibility index (Phi) is 6.07. The zero-order valence-electron chi connectivity index (χ0n) is 13.7.